The lowest BCUT2D eigenvalue weighted by Gasteiger charge is -2.16. The summed E-state index contributed by atoms with van der Waals surface area (Å²) in [5.41, 5.74) is -0.0867. The van der Waals surface area contributed by atoms with Gasteiger partial charge in [0.2, 0.25) is 18.1 Å². The van der Waals surface area contributed by atoms with Gasteiger partial charge in [0.05, 0.1) is 23.5 Å². The molecular weight excluding hydrogens is 677 g/mol. The van der Waals surface area contributed by atoms with E-state index in [2.05, 4.69) is 30.3 Å². The Labute approximate surface area is 268 Å². The smallest absolute Gasteiger partial charge is 0.316 e. The Bertz CT molecular complexity index is 2140. The van der Waals surface area contributed by atoms with E-state index < -0.39 is 42.8 Å². The first-order chi connectivity index (χ1) is 23.0. The molecule has 0 unspecified atom stereocenters. The lowest BCUT2D eigenvalue weighted by atomic mass is 10.0. The third-order valence-electron chi connectivity index (χ3n) is 7.36. The van der Waals surface area contributed by atoms with Crippen molar-refractivity contribution >= 4 is 11.6 Å². The molecular formula is C28H18ClF7N10O2+2. The van der Waals surface area contributed by atoms with E-state index in [1.54, 1.807) is 12.1 Å². The normalized spacial score (nSPS) is 14.2. The Morgan fingerprint density at radius 2 is 1.85 bits per heavy atom. The molecule has 1 aliphatic rings. The van der Waals surface area contributed by atoms with Gasteiger partial charge in [0.15, 0.2) is 16.5 Å². The average Bonchev–Trinajstić information content (AvgIpc) is 3.81. The zero-order chi connectivity index (χ0) is 33.7. The second kappa shape index (κ2) is 12.0. The maximum Gasteiger partial charge on any atom is 0.433 e. The molecule has 5 aromatic heterocycles. The van der Waals surface area contributed by atoms with Crippen LogP contribution >= 0.6 is 11.6 Å². The van der Waals surface area contributed by atoms with Crippen LogP contribution in [0, 0.1) is 11.6 Å². The van der Waals surface area contributed by atoms with E-state index in [0.717, 1.165) is 18.5 Å². The predicted octanol–water partition coefficient (Wildman–Crippen LogP) is 4.15. The molecule has 6 aromatic rings. The van der Waals surface area contributed by atoms with Crippen molar-refractivity contribution < 1.29 is 49.8 Å². The molecule has 0 N–H and O–H groups in total. The highest BCUT2D eigenvalue weighted by molar-refractivity contribution is 6.31. The van der Waals surface area contributed by atoms with Crippen LogP contribution in [0.1, 0.15) is 23.1 Å². The third-order valence-corrected chi connectivity index (χ3v) is 7.65. The quantitative estimate of drug-likeness (QED) is 0.174. The van der Waals surface area contributed by atoms with Gasteiger partial charge in [-0.25, -0.2) is 8.78 Å². The average molecular weight is 695 g/mol. The van der Waals surface area contributed by atoms with Crippen LogP contribution in [0.3, 0.4) is 0 Å². The molecule has 7 rings (SSSR count). The van der Waals surface area contributed by atoms with Crippen molar-refractivity contribution in [2.45, 2.75) is 32.0 Å². The van der Waals surface area contributed by atoms with Crippen LogP contribution in [0.2, 0.25) is 5.02 Å². The monoisotopic (exact) mass is 694 g/mol. The van der Waals surface area contributed by atoms with Crippen LogP contribution in [-0.2, 0) is 24.1 Å². The van der Waals surface area contributed by atoms with Crippen LogP contribution in [-0.4, -0.2) is 46.4 Å². The van der Waals surface area contributed by atoms with Gasteiger partial charge in [-0.1, -0.05) is 16.5 Å². The number of rotatable bonds is 8. The molecule has 1 atom stereocenters. The van der Waals surface area contributed by atoms with Crippen LogP contribution < -0.4 is 14.4 Å². The summed E-state index contributed by atoms with van der Waals surface area (Å²) in [5.74, 6) is -1.67. The molecule has 20 heteroatoms. The van der Waals surface area contributed by atoms with E-state index in [4.69, 9.17) is 16.5 Å². The van der Waals surface area contributed by atoms with Crippen molar-refractivity contribution in [2.24, 2.45) is 0 Å². The summed E-state index contributed by atoms with van der Waals surface area (Å²) in [6, 6.07) is 7.46. The van der Waals surface area contributed by atoms with Gasteiger partial charge >= 0.3 is 12.8 Å². The molecule has 0 saturated heterocycles. The highest BCUT2D eigenvalue weighted by atomic mass is 35.5. The summed E-state index contributed by atoms with van der Waals surface area (Å²) in [6.45, 7) is -4.05. The highest BCUT2D eigenvalue weighted by Crippen LogP contribution is 2.34. The maximum atomic E-state index is 15.6. The zero-order valence-corrected chi connectivity index (χ0v) is 24.6. The van der Waals surface area contributed by atoms with Gasteiger partial charge in [0.25, 0.3) is 6.04 Å². The van der Waals surface area contributed by atoms with Gasteiger partial charge in [-0.15, -0.1) is 5.10 Å². The first-order valence-corrected chi connectivity index (χ1v) is 14.1. The number of tetrazole rings is 1. The van der Waals surface area contributed by atoms with Crippen LogP contribution in [0.25, 0.3) is 27.9 Å². The molecule has 246 valence electrons. The fraction of sp³-hybridized carbons (Fsp3) is 0.179. The standard InChI is InChI=1S/C28H18ClF7N10O2/c29-18-2-4-22(43-14-38-40-41-43)25(26(18)31)16-1-3-21-23(12-42-11-19(30)20(39-42)13-47-27(32)33)44-8-17(10-46(44)48-45(21)9-16)15-5-6-37-24(7-15)28(34,35)36/h1-11,14,23,27H,12-13H2/q+2/t23-/m1/s1. The van der Waals surface area contributed by atoms with E-state index in [0.29, 0.717) is 11.3 Å². The Kier molecular flexibility index (Phi) is 7.78. The molecule has 1 aromatic carbocycles. The predicted molar refractivity (Wildman–Crippen MR) is 146 cm³/mol. The van der Waals surface area contributed by atoms with Gasteiger partial charge in [-0.3, -0.25) is 9.67 Å². The van der Waals surface area contributed by atoms with Gasteiger partial charge in [-0.2, -0.15) is 31.7 Å². The number of ether oxygens (including phenoxy) is 1. The highest BCUT2D eigenvalue weighted by Gasteiger charge is 2.43. The summed E-state index contributed by atoms with van der Waals surface area (Å²) >= 11 is 6.13. The molecule has 0 amide bonds. The Morgan fingerprint density at radius 3 is 2.60 bits per heavy atom. The van der Waals surface area contributed by atoms with Crippen molar-refractivity contribution in [3.8, 4) is 27.9 Å². The summed E-state index contributed by atoms with van der Waals surface area (Å²) in [7, 11) is 0. The summed E-state index contributed by atoms with van der Waals surface area (Å²) < 4.78 is 105. The molecule has 0 fully saturated rings. The molecule has 0 saturated carbocycles. The first kappa shape index (κ1) is 31.2. The lowest BCUT2D eigenvalue weighted by molar-refractivity contribution is -1.01. The van der Waals surface area contributed by atoms with E-state index in [1.807, 2.05) is 0 Å². The Morgan fingerprint density at radius 1 is 1.02 bits per heavy atom. The fourth-order valence-electron chi connectivity index (χ4n) is 5.22. The minimum Gasteiger partial charge on any atom is -0.316 e. The Hall–Kier alpha value is -5.43. The van der Waals surface area contributed by atoms with E-state index in [1.165, 1.54) is 66.7 Å². The molecule has 12 nitrogen and oxygen atoms in total. The van der Waals surface area contributed by atoms with Crippen molar-refractivity contribution in [3.63, 3.8) is 0 Å². The van der Waals surface area contributed by atoms with Crippen molar-refractivity contribution in [3.05, 3.63) is 107 Å². The number of hydrogen-bond acceptors (Lipinski definition) is 7. The number of hydrogen-bond donors (Lipinski definition) is 0. The van der Waals surface area contributed by atoms with Crippen molar-refractivity contribution in [1.82, 2.24) is 39.8 Å². The zero-order valence-electron chi connectivity index (χ0n) is 23.8. The maximum absolute atomic E-state index is 15.6. The molecule has 0 spiro atoms. The fourth-order valence-corrected chi connectivity index (χ4v) is 5.38. The number of fused-ring (bicyclic) bond motifs is 2. The van der Waals surface area contributed by atoms with E-state index in [-0.39, 0.29) is 39.6 Å². The van der Waals surface area contributed by atoms with Gasteiger partial charge < -0.3 is 4.74 Å². The third kappa shape index (κ3) is 5.81. The molecule has 1 aliphatic heterocycles. The largest absolute Gasteiger partial charge is 0.433 e. The number of alkyl halides is 5. The van der Waals surface area contributed by atoms with Crippen LogP contribution in [0.5, 0.6) is 0 Å². The van der Waals surface area contributed by atoms with E-state index in [9.17, 15) is 26.3 Å². The molecule has 0 aliphatic carbocycles. The number of benzene rings is 1. The molecule has 0 bridgehead atoms. The first-order valence-electron chi connectivity index (χ1n) is 13.7. The summed E-state index contributed by atoms with van der Waals surface area (Å²) in [4.78, 5) is 10.7. The topological polar surface area (TPSA) is 105 Å². The SMILES string of the molecule is Fc1cn(C[C@@H]2c3ccc(-c4c(-n5cnnn5)ccc(Cl)c4F)c[n+]3On3cc(-c4ccnc(C(F)(F)F)c4)c[n+]32)nc1COC(F)F. The van der Waals surface area contributed by atoms with Gasteiger partial charge in [0.1, 0.15) is 36.0 Å². The van der Waals surface area contributed by atoms with Gasteiger partial charge in [0, 0.05) is 22.0 Å². The summed E-state index contributed by atoms with van der Waals surface area (Å²) in [5, 5.41) is 14.9. The van der Waals surface area contributed by atoms with Gasteiger partial charge in [-0.05, 0) is 57.1 Å². The van der Waals surface area contributed by atoms with Crippen LogP contribution in [0.15, 0.2) is 73.7 Å². The minimum absolute atomic E-state index is 0.0196. The Balaban J connectivity index is 1.33. The minimum atomic E-state index is -4.70. The molecule has 6 heterocycles. The van der Waals surface area contributed by atoms with Crippen molar-refractivity contribution in [2.75, 3.05) is 0 Å². The van der Waals surface area contributed by atoms with Crippen LogP contribution in [0.4, 0.5) is 30.7 Å². The number of halogens is 8. The second-order valence-electron chi connectivity index (χ2n) is 10.3. The van der Waals surface area contributed by atoms with Crippen molar-refractivity contribution in [1.29, 1.82) is 0 Å². The number of pyridine rings is 2. The number of aromatic nitrogens is 10. The second-order valence-corrected chi connectivity index (χ2v) is 10.7. The molecule has 0 radical (unpaired) electrons. The molecule has 48 heavy (non-hydrogen) atoms. The summed E-state index contributed by atoms with van der Waals surface area (Å²) in [6.07, 6.45) is 2.93. The number of nitrogens with zero attached hydrogens (tertiary/aromatic N) is 10. The van der Waals surface area contributed by atoms with E-state index >= 15 is 4.39 Å². The lowest BCUT2D eigenvalue weighted by Crippen LogP contribution is -2.66.